The molecule has 0 aliphatic carbocycles. The van der Waals surface area contributed by atoms with E-state index < -0.39 is 22.0 Å². The highest BCUT2D eigenvalue weighted by atomic mass is 19.1. The number of rotatable bonds is 7. The number of benzene rings is 1. The fourth-order valence-electron chi connectivity index (χ4n) is 1.59. The van der Waals surface area contributed by atoms with Crippen molar-refractivity contribution in [3.05, 3.63) is 34.1 Å². The van der Waals surface area contributed by atoms with E-state index in [0.717, 1.165) is 12.1 Å². The Labute approximate surface area is 116 Å². The van der Waals surface area contributed by atoms with Crippen molar-refractivity contribution in [2.24, 2.45) is 5.73 Å². The van der Waals surface area contributed by atoms with Gasteiger partial charge in [0.05, 0.1) is 23.7 Å². The Balaban J connectivity index is 2.47. The van der Waals surface area contributed by atoms with Crippen LogP contribution in [0.1, 0.15) is 26.2 Å². The van der Waals surface area contributed by atoms with E-state index in [0.29, 0.717) is 19.3 Å². The highest BCUT2D eigenvalue weighted by Crippen LogP contribution is 2.27. The third-order valence-corrected chi connectivity index (χ3v) is 2.72. The van der Waals surface area contributed by atoms with Gasteiger partial charge >= 0.3 is 5.69 Å². The van der Waals surface area contributed by atoms with Crippen molar-refractivity contribution >= 4 is 5.69 Å². The second kappa shape index (κ2) is 6.82. The summed E-state index contributed by atoms with van der Waals surface area (Å²) in [6, 6.07) is 5.15. The lowest BCUT2D eigenvalue weighted by atomic mass is 9.98. The molecule has 0 aliphatic rings. The predicted octanol–water partition coefficient (Wildman–Crippen LogP) is 2.52. The van der Waals surface area contributed by atoms with E-state index in [-0.39, 0.29) is 12.4 Å². The van der Waals surface area contributed by atoms with Crippen LogP contribution in [0.25, 0.3) is 0 Å². The number of hydrogen-bond donors (Lipinski definition) is 1. The summed E-state index contributed by atoms with van der Waals surface area (Å²) in [6.07, 6.45) is 1.77. The van der Waals surface area contributed by atoms with Crippen molar-refractivity contribution in [3.63, 3.8) is 0 Å². The van der Waals surface area contributed by atoms with Gasteiger partial charge in [0, 0.05) is 0 Å². The molecule has 1 rings (SSSR count). The van der Waals surface area contributed by atoms with Crippen molar-refractivity contribution in [3.8, 4) is 11.8 Å². The number of ether oxygens (including phenoxy) is 1. The van der Waals surface area contributed by atoms with E-state index >= 15 is 0 Å². The first kappa shape index (κ1) is 15.9. The van der Waals surface area contributed by atoms with Crippen LogP contribution in [0.2, 0.25) is 0 Å². The van der Waals surface area contributed by atoms with Gasteiger partial charge in [-0.1, -0.05) is 0 Å². The summed E-state index contributed by atoms with van der Waals surface area (Å²) in [5.74, 6) is -0.649. The summed E-state index contributed by atoms with van der Waals surface area (Å²) in [4.78, 5) is 10.1. The van der Waals surface area contributed by atoms with Gasteiger partial charge in [0.15, 0.2) is 5.75 Å². The molecule has 1 unspecified atom stereocenters. The fourth-order valence-corrected chi connectivity index (χ4v) is 1.59. The average Bonchev–Trinajstić information content (AvgIpc) is 2.39. The number of hydrogen-bond acceptors (Lipinski definition) is 5. The molecule has 0 aromatic heterocycles. The van der Waals surface area contributed by atoms with Gasteiger partial charge in [-0.15, -0.1) is 0 Å². The van der Waals surface area contributed by atoms with Crippen LogP contribution in [-0.4, -0.2) is 17.1 Å². The van der Waals surface area contributed by atoms with Gasteiger partial charge in [-0.3, -0.25) is 10.1 Å². The lowest BCUT2D eigenvalue weighted by molar-refractivity contribution is -0.386. The summed E-state index contributed by atoms with van der Waals surface area (Å²) in [6.45, 7) is 1.88. The summed E-state index contributed by atoms with van der Waals surface area (Å²) < 4.78 is 18.2. The maximum atomic E-state index is 12.9. The molecule has 1 atom stereocenters. The topological polar surface area (TPSA) is 102 Å². The second-order valence-corrected chi connectivity index (χ2v) is 4.70. The Morgan fingerprint density at radius 1 is 1.55 bits per heavy atom. The summed E-state index contributed by atoms with van der Waals surface area (Å²) in [5.41, 5.74) is 4.39. The molecule has 0 aliphatic heterocycles. The Bertz CT molecular complexity index is 526. The molecule has 0 heterocycles. The molecule has 108 valence electrons. The standard InChI is InChI=1S/C13H16FN3O3/c1-13(16,9-15)6-2-3-7-20-12-5-4-10(14)8-11(12)17(18)19/h4-5,8H,2-3,6-7,16H2,1H3. The third-order valence-electron chi connectivity index (χ3n) is 2.72. The van der Waals surface area contributed by atoms with E-state index in [1.165, 1.54) is 6.07 Å². The molecule has 1 aromatic rings. The van der Waals surface area contributed by atoms with Crippen molar-refractivity contribution in [1.82, 2.24) is 0 Å². The number of nitro groups is 1. The fraction of sp³-hybridized carbons (Fsp3) is 0.462. The minimum absolute atomic E-state index is 0.0344. The lowest BCUT2D eigenvalue weighted by Crippen LogP contribution is -2.33. The van der Waals surface area contributed by atoms with Crippen LogP contribution >= 0.6 is 0 Å². The summed E-state index contributed by atoms with van der Waals surface area (Å²) in [7, 11) is 0. The number of nitrogens with zero attached hydrogens (tertiary/aromatic N) is 2. The molecule has 6 nitrogen and oxygen atoms in total. The predicted molar refractivity (Wildman–Crippen MR) is 70.6 cm³/mol. The smallest absolute Gasteiger partial charge is 0.313 e. The quantitative estimate of drug-likeness (QED) is 0.470. The molecule has 7 heteroatoms. The Hall–Kier alpha value is -2.20. The van der Waals surface area contributed by atoms with Gasteiger partial charge in [-0.25, -0.2) is 4.39 Å². The molecular formula is C13H16FN3O3. The number of nitriles is 1. The van der Waals surface area contributed by atoms with E-state index in [1.54, 1.807) is 6.92 Å². The van der Waals surface area contributed by atoms with Crippen LogP contribution in [0.3, 0.4) is 0 Å². The molecule has 0 bridgehead atoms. The van der Waals surface area contributed by atoms with Crippen LogP contribution in [0.4, 0.5) is 10.1 Å². The average molecular weight is 281 g/mol. The van der Waals surface area contributed by atoms with E-state index in [4.69, 9.17) is 15.7 Å². The molecule has 2 N–H and O–H groups in total. The lowest BCUT2D eigenvalue weighted by Gasteiger charge is -2.14. The molecule has 0 radical (unpaired) electrons. The monoisotopic (exact) mass is 281 g/mol. The van der Waals surface area contributed by atoms with Crippen molar-refractivity contribution in [2.45, 2.75) is 31.7 Å². The Kier molecular flexibility index (Phi) is 5.41. The molecule has 0 amide bonds. The maximum Gasteiger partial charge on any atom is 0.313 e. The zero-order chi connectivity index (χ0) is 15.2. The highest BCUT2D eigenvalue weighted by Gasteiger charge is 2.17. The first-order valence-electron chi connectivity index (χ1n) is 6.12. The van der Waals surface area contributed by atoms with E-state index in [2.05, 4.69) is 0 Å². The first-order chi connectivity index (χ1) is 9.35. The van der Waals surface area contributed by atoms with E-state index in [1.807, 2.05) is 6.07 Å². The number of nitro benzene ring substituents is 1. The number of halogens is 1. The van der Waals surface area contributed by atoms with Crippen LogP contribution in [0, 0.1) is 27.3 Å². The van der Waals surface area contributed by atoms with Crippen LogP contribution < -0.4 is 10.5 Å². The summed E-state index contributed by atoms with van der Waals surface area (Å²) >= 11 is 0. The third kappa shape index (κ3) is 4.82. The molecule has 0 spiro atoms. The van der Waals surface area contributed by atoms with Crippen LogP contribution in [-0.2, 0) is 0 Å². The number of unbranched alkanes of at least 4 members (excludes halogenated alkanes) is 1. The Morgan fingerprint density at radius 3 is 2.85 bits per heavy atom. The summed E-state index contributed by atoms with van der Waals surface area (Å²) in [5, 5.41) is 19.5. The van der Waals surface area contributed by atoms with Crippen molar-refractivity contribution < 1.29 is 14.1 Å². The highest BCUT2D eigenvalue weighted by molar-refractivity contribution is 5.46. The van der Waals surface area contributed by atoms with Gasteiger partial charge in [0.1, 0.15) is 11.4 Å². The molecule has 0 fully saturated rings. The molecule has 20 heavy (non-hydrogen) atoms. The normalized spacial score (nSPS) is 13.3. The molecular weight excluding hydrogens is 265 g/mol. The zero-order valence-electron chi connectivity index (χ0n) is 11.1. The first-order valence-corrected chi connectivity index (χ1v) is 6.12. The minimum Gasteiger partial charge on any atom is -0.487 e. The maximum absolute atomic E-state index is 12.9. The Morgan fingerprint density at radius 2 is 2.25 bits per heavy atom. The molecule has 0 saturated carbocycles. The van der Waals surface area contributed by atoms with Crippen molar-refractivity contribution in [1.29, 1.82) is 5.26 Å². The molecule has 1 aromatic carbocycles. The van der Waals surface area contributed by atoms with Crippen molar-refractivity contribution in [2.75, 3.05) is 6.61 Å². The van der Waals surface area contributed by atoms with Gasteiger partial charge < -0.3 is 10.5 Å². The largest absolute Gasteiger partial charge is 0.487 e. The zero-order valence-corrected chi connectivity index (χ0v) is 11.1. The second-order valence-electron chi connectivity index (χ2n) is 4.70. The number of nitrogens with two attached hydrogens (primary N) is 1. The van der Waals surface area contributed by atoms with Crippen LogP contribution in [0.15, 0.2) is 18.2 Å². The van der Waals surface area contributed by atoms with Gasteiger partial charge in [0.25, 0.3) is 0 Å². The van der Waals surface area contributed by atoms with Crippen LogP contribution in [0.5, 0.6) is 5.75 Å². The minimum atomic E-state index is -0.873. The SMILES string of the molecule is CC(N)(C#N)CCCCOc1ccc(F)cc1[N+](=O)[O-]. The van der Waals surface area contributed by atoms with Gasteiger partial charge in [-0.2, -0.15) is 5.26 Å². The van der Waals surface area contributed by atoms with Gasteiger partial charge in [-0.05, 0) is 38.3 Å². The molecule has 0 saturated heterocycles. The van der Waals surface area contributed by atoms with E-state index in [9.17, 15) is 14.5 Å². The van der Waals surface area contributed by atoms with Gasteiger partial charge in [0.2, 0.25) is 0 Å².